The van der Waals surface area contributed by atoms with E-state index < -0.39 is 0 Å². The van der Waals surface area contributed by atoms with Gasteiger partial charge in [-0.2, -0.15) is 5.26 Å². The van der Waals surface area contributed by atoms with E-state index in [1.807, 2.05) is 56.5 Å². The number of methoxy groups -OCH3 is 1. The molecule has 1 aromatic carbocycles. The van der Waals surface area contributed by atoms with Crippen molar-refractivity contribution in [1.82, 2.24) is 9.13 Å². The van der Waals surface area contributed by atoms with E-state index in [9.17, 15) is 14.9 Å². The number of allylic oxidation sites excluding steroid dienone is 1. The number of aromatic nitrogens is 2. The van der Waals surface area contributed by atoms with Gasteiger partial charge < -0.3 is 13.9 Å². The molecule has 2 heterocycles. The van der Waals surface area contributed by atoms with E-state index in [0.29, 0.717) is 17.2 Å². The molecule has 0 amide bonds. The van der Waals surface area contributed by atoms with Crippen molar-refractivity contribution in [3.05, 3.63) is 81.4 Å². The highest BCUT2D eigenvalue weighted by atomic mass is 16.5. The van der Waals surface area contributed by atoms with Crippen LogP contribution in [-0.2, 0) is 4.74 Å². The first kappa shape index (κ1) is 24.3. The number of aryl methyl sites for hydroxylation is 2. The van der Waals surface area contributed by atoms with Crippen molar-refractivity contribution >= 4 is 17.8 Å². The molecule has 0 atom stereocenters. The van der Waals surface area contributed by atoms with Crippen molar-refractivity contribution < 1.29 is 14.3 Å². The number of ketones is 1. The normalized spacial score (nSPS) is 14.2. The predicted molar refractivity (Wildman–Crippen MR) is 136 cm³/mol. The second kappa shape index (κ2) is 9.79. The van der Waals surface area contributed by atoms with Gasteiger partial charge in [0.2, 0.25) is 5.78 Å². The van der Waals surface area contributed by atoms with E-state index in [2.05, 4.69) is 10.6 Å². The fraction of sp³-hybridized carbons (Fsp3) is 0.345. The Morgan fingerprint density at radius 1 is 1.00 bits per heavy atom. The maximum Gasteiger partial charge on any atom is 0.337 e. The number of hydrogen-bond donors (Lipinski definition) is 0. The minimum Gasteiger partial charge on any atom is -0.465 e. The van der Waals surface area contributed by atoms with Crippen LogP contribution >= 0.6 is 0 Å². The molecule has 0 N–H and O–H groups in total. The molecule has 35 heavy (non-hydrogen) atoms. The van der Waals surface area contributed by atoms with Crippen molar-refractivity contribution in [2.24, 2.45) is 0 Å². The van der Waals surface area contributed by atoms with Gasteiger partial charge >= 0.3 is 5.97 Å². The van der Waals surface area contributed by atoms with Gasteiger partial charge in [0.25, 0.3) is 0 Å². The minimum absolute atomic E-state index is 0.123. The molecule has 6 heteroatoms. The molecule has 0 unspecified atom stereocenters. The van der Waals surface area contributed by atoms with E-state index in [1.54, 1.807) is 18.2 Å². The molecule has 1 saturated carbocycles. The lowest BCUT2D eigenvalue weighted by Crippen LogP contribution is -2.10. The average molecular weight is 470 g/mol. The van der Waals surface area contributed by atoms with Crippen molar-refractivity contribution in [2.45, 2.75) is 59.4 Å². The summed E-state index contributed by atoms with van der Waals surface area (Å²) < 4.78 is 9.09. The van der Waals surface area contributed by atoms with Gasteiger partial charge in [-0.25, -0.2) is 4.79 Å². The minimum atomic E-state index is -0.384. The number of carbonyl (C=O) groups is 2. The third kappa shape index (κ3) is 4.46. The van der Waals surface area contributed by atoms with Gasteiger partial charge in [-0.3, -0.25) is 4.79 Å². The van der Waals surface area contributed by atoms with Crippen molar-refractivity contribution in [1.29, 1.82) is 5.26 Å². The highest BCUT2D eigenvalue weighted by molar-refractivity contribution is 6.14. The number of ether oxygens (including phenoxy) is 1. The summed E-state index contributed by atoms with van der Waals surface area (Å²) in [4.78, 5) is 25.2. The fourth-order valence-electron chi connectivity index (χ4n) is 5.38. The largest absolute Gasteiger partial charge is 0.465 e. The van der Waals surface area contributed by atoms with E-state index >= 15 is 0 Å². The summed E-state index contributed by atoms with van der Waals surface area (Å²) in [5.74, 6) is -0.623. The smallest absolute Gasteiger partial charge is 0.337 e. The Morgan fingerprint density at radius 3 is 2.26 bits per heavy atom. The Hall–Kier alpha value is -3.85. The maximum atomic E-state index is 13.4. The molecule has 6 nitrogen and oxygen atoms in total. The molecule has 1 aliphatic carbocycles. The number of esters is 1. The summed E-state index contributed by atoms with van der Waals surface area (Å²) in [6.45, 7) is 7.95. The number of hydrogen-bond acceptors (Lipinski definition) is 4. The quantitative estimate of drug-likeness (QED) is 0.186. The van der Waals surface area contributed by atoms with Gasteiger partial charge in [-0.1, -0.05) is 12.8 Å². The molecule has 3 aromatic rings. The summed E-state index contributed by atoms with van der Waals surface area (Å²) in [7, 11) is 1.36. The zero-order valence-electron chi connectivity index (χ0n) is 21.0. The van der Waals surface area contributed by atoms with Crippen LogP contribution in [0.2, 0.25) is 0 Å². The third-order valence-electron chi connectivity index (χ3n) is 7.10. The lowest BCUT2D eigenvalue weighted by atomic mass is 10.0. The second-order valence-corrected chi connectivity index (χ2v) is 9.29. The van der Waals surface area contributed by atoms with E-state index in [0.717, 1.165) is 46.9 Å². The SMILES string of the molecule is COC(=O)c1ccc(-n2c(C)cc(C=C(C#N)C(=O)c3cc(C)n(C4CCCC4)c3C)c2C)cc1. The molecule has 0 radical (unpaired) electrons. The lowest BCUT2D eigenvalue weighted by Gasteiger charge is -2.17. The first-order valence-corrected chi connectivity index (χ1v) is 12.0. The Morgan fingerprint density at radius 2 is 1.66 bits per heavy atom. The zero-order valence-corrected chi connectivity index (χ0v) is 21.0. The first-order chi connectivity index (χ1) is 16.8. The molecule has 0 bridgehead atoms. The fourth-order valence-corrected chi connectivity index (χ4v) is 5.38. The summed E-state index contributed by atoms with van der Waals surface area (Å²) in [5, 5.41) is 9.89. The summed E-state index contributed by atoms with van der Waals surface area (Å²) in [6.07, 6.45) is 6.39. The molecule has 4 rings (SSSR count). The molecule has 2 aromatic heterocycles. The second-order valence-electron chi connectivity index (χ2n) is 9.29. The van der Waals surface area contributed by atoms with E-state index in [4.69, 9.17) is 4.74 Å². The van der Waals surface area contributed by atoms with Gasteiger partial charge in [-0.15, -0.1) is 0 Å². The lowest BCUT2D eigenvalue weighted by molar-refractivity contribution is 0.0600. The topological polar surface area (TPSA) is 77.0 Å². The number of Topliss-reactive ketones (excluding diaryl/α,β-unsaturated/α-hetero) is 1. The van der Waals surface area contributed by atoms with Crippen molar-refractivity contribution in [3.8, 4) is 11.8 Å². The zero-order chi connectivity index (χ0) is 25.3. The molecule has 180 valence electrons. The number of rotatable bonds is 6. The van der Waals surface area contributed by atoms with Gasteiger partial charge in [-0.05, 0) is 88.6 Å². The highest BCUT2D eigenvalue weighted by Crippen LogP contribution is 2.34. The molecule has 0 saturated heterocycles. The van der Waals surface area contributed by atoms with Crippen LogP contribution in [0.15, 0.2) is 42.0 Å². The third-order valence-corrected chi connectivity index (χ3v) is 7.10. The summed E-state index contributed by atoms with van der Waals surface area (Å²) in [6, 6.07) is 13.6. The highest BCUT2D eigenvalue weighted by Gasteiger charge is 2.25. The van der Waals surface area contributed by atoms with Crippen LogP contribution in [0.4, 0.5) is 0 Å². The summed E-state index contributed by atoms with van der Waals surface area (Å²) in [5.41, 5.74) is 6.79. The van der Waals surface area contributed by atoms with Gasteiger partial charge in [0, 0.05) is 40.1 Å². The van der Waals surface area contributed by atoms with Crippen molar-refractivity contribution in [2.75, 3.05) is 7.11 Å². The standard InChI is InChI=1S/C29H31N3O3/c1-18-14-23(20(3)31(18)26-12-10-22(11-13-26)29(34)35-5)16-24(17-30)28(33)27-15-19(2)32(21(27)4)25-8-6-7-9-25/h10-16,25H,6-9H2,1-5H3. The molecule has 1 aliphatic rings. The van der Waals surface area contributed by atoms with Crippen LogP contribution in [0.25, 0.3) is 11.8 Å². The van der Waals surface area contributed by atoms with Gasteiger partial charge in [0.1, 0.15) is 11.6 Å². The predicted octanol–water partition coefficient (Wildman–Crippen LogP) is 6.20. The number of carbonyl (C=O) groups excluding carboxylic acids is 2. The van der Waals surface area contributed by atoms with Gasteiger partial charge in [0.05, 0.1) is 12.7 Å². The molecule has 1 fully saturated rings. The summed E-state index contributed by atoms with van der Waals surface area (Å²) >= 11 is 0. The van der Waals surface area contributed by atoms with Crippen LogP contribution in [0.1, 0.15) is 80.8 Å². The first-order valence-electron chi connectivity index (χ1n) is 12.0. The molecule has 0 aliphatic heterocycles. The van der Waals surface area contributed by atoms with E-state index in [-0.39, 0.29) is 17.3 Å². The van der Waals surface area contributed by atoms with Crippen LogP contribution in [0, 0.1) is 39.0 Å². The average Bonchev–Trinajstić information content (AvgIpc) is 3.55. The Balaban J connectivity index is 1.68. The Bertz CT molecular complexity index is 1360. The number of nitrogens with zero attached hydrogens (tertiary/aromatic N) is 3. The monoisotopic (exact) mass is 469 g/mol. The molecular formula is C29H31N3O3. The molecule has 0 spiro atoms. The van der Waals surface area contributed by atoms with Crippen LogP contribution < -0.4 is 0 Å². The number of benzene rings is 1. The van der Waals surface area contributed by atoms with Crippen LogP contribution in [0.3, 0.4) is 0 Å². The van der Waals surface area contributed by atoms with E-state index in [1.165, 1.54) is 20.0 Å². The van der Waals surface area contributed by atoms with Crippen molar-refractivity contribution in [3.63, 3.8) is 0 Å². The Labute approximate surface area is 206 Å². The number of nitriles is 1. The van der Waals surface area contributed by atoms with Crippen LogP contribution in [-0.4, -0.2) is 28.0 Å². The maximum absolute atomic E-state index is 13.4. The Kier molecular flexibility index (Phi) is 6.79. The molecular weight excluding hydrogens is 438 g/mol. The van der Waals surface area contributed by atoms with Gasteiger partial charge in [0.15, 0.2) is 0 Å². The van der Waals surface area contributed by atoms with Crippen LogP contribution in [0.5, 0.6) is 0 Å².